The molecule has 0 N–H and O–H groups in total. The molecule has 0 amide bonds. The first kappa shape index (κ1) is 27.9. The standard InChI is InChI=1S/C46H29NOS/c1-2-16-37-30(10-1)11-9-19-38(37)33-14-7-12-31(26-33)32-13-8-15-34(27-32)47(35-22-24-40-39-17-3-5-20-43(39)48-44(40)28-35)36-23-25-42-41-18-4-6-21-45(41)49-46(42)29-36/h1-29H. The number of rotatable bonds is 5. The second kappa shape index (κ2) is 11.2. The maximum absolute atomic E-state index is 6.38. The minimum absolute atomic E-state index is 0.880. The van der Waals surface area contributed by atoms with Gasteiger partial charge in [0.25, 0.3) is 0 Å². The van der Waals surface area contributed by atoms with E-state index in [1.165, 1.54) is 47.6 Å². The van der Waals surface area contributed by atoms with Gasteiger partial charge in [-0.15, -0.1) is 11.3 Å². The van der Waals surface area contributed by atoms with Crippen LogP contribution in [0.25, 0.3) is 75.1 Å². The lowest BCUT2D eigenvalue weighted by Gasteiger charge is -2.26. The zero-order valence-electron chi connectivity index (χ0n) is 26.5. The first-order valence-electron chi connectivity index (χ1n) is 16.6. The predicted molar refractivity (Wildman–Crippen MR) is 210 cm³/mol. The van der Waals surface area contributed by atoms with Crippen molar-refractivity contribution >= 4 is 81.3 Å². The molecule has 49 heavy (non-hydrogen) atoms. The summed E-state index contributed by atoms with van der Waals surface area (Å²) in [6.07, 6.45) is 0. The maximum atomic E-state index is 6.38. The Balaban J connectivity index is 1.13. The molecule has 0 saturated heterocycles. The van der Waals surface area contributed by atoms with E-state index in [1.54, 1.807) is 0 Å². The van der Waals surface area contributed by atoms with Gasteiger partial charge < -0.3 is 9.32 Å². The number of fused-ring (bicyclic) bond motifs is 7. The summed E-state index contributed by atoms with van der Waals surface area (Å²) < 4.78 is 8.95. The molecule has 8 aromatic carbocycles. The summed E-state index contributed by atoms with van der Waals surface area (Å²) >= 11 is 1.84. The minimum Gasteiger partial charge on any atom is -0.456 e. The van der Waals surface area contributed by atoms with E-state index >= 15 is 0 Å². The number of hydrogen-bond donors (Lipinski definition) is 0. The van der Waals surface area contributed by atoms with Crippen LogP contribution in [0.4, 0.5) is 17.1 Å². The number of furan rings is 1. The average molecular weight is 644 g/mol. The molecule has 0 aliphatic carbocycles. The fourth-order valence-corrected chi connectivity index (χ4v) is 8.46. The largest absolute Gasteiger partial charge is 0.456 e. The van der Waals surface area contributed by atoms with E-state index in [0.29, 0.717) is 0 Å². The predicted octanol–water partition coefficient (Wildman–Crippen LogP) is 13.9. The van der Waals surface area contributed by atoms with Crippen molar-refractivity contribution in [2.24, 2.45) is 0 Å². The highest BCUT2D eigenvalue weighted by molar-refractivity contribution is 7.25. The molecule has 0 aliphatic heterocycles. The molecule has 0 unspecified atom stereocenters. The highest BCUT2D eigenvalue weighted by Gasteiger charge is 2.18. The van der Waals surface area contributed by atoms with Crippen molar-refractivity contribution in [2.45, 2.75) is 0 Å². The molecule has 0 bridgehead atoms. The number of anilines is 3. The first-order chi connectivity index (χ1) is 24.3. The normalized spacial score (nSPS) is 11.7. The van der Waals surface area contributed by atoms with Crippen LogP contribution in [0.1, 0.15) is 0 Å². The van der Waals surface area contributed by atoms with E-state index in [4.69, 9.17) is 4.42 Å². The zero-order valence-corrected chi connectivity index (χ0v) is 27.3. The Morgan fingerprint density at radius 3 is 1.90 bits per heavy atom. The van der Waals surface area contributed by atoms with E-state index in [9.17, 15) is 0 Å². The molecule has 0 fully saturated rings. The molecule has 3 heteroatoms. The molecule has 10 aromatic rings. The summed E-state index contributed by atoms with van der Waals surface area (Å²) in [5.41, 5.74) is 9.83. The SMILES string of the molecule is c1cc(-c2cccc(N(c3ccc4c(c3)oc3ccccc34)c3ccc4c(c3)sc3ccccc34)c2)cc(-c2cccc3ccccc23)c1. The fourth-order valence-electron chi connectivity index (χ4n) is 7.32. The van der Waals surface area contributed by atoms with E-state index < -0.39 is 0 Å². The summed E-state index contributed by atoms with van der Waals surface area (Å²) in [6, 6.07) is 63.3. The lowest BCUT2D eigenvalue weighted by molar-refractivity contribution is 0.669. The van der Waals surface area contributed by atoms with Gasteiger partial charge in [0.2, 0.25) is 0 Å². The summed E-state index contributed by atoms with van der Waals surface area (Å²) in [4.78, 5) is 2.36. The highest BCUT2D eigenvalue weighted by Crippen LogP contribution is 2.43. The highest BCUT2D eigenvalue weighted by atomic mass is 32.1. The zero-order chi connectivity index (χ0) is 32.3. The number of thiophene rings is 1. The van der Waals surface area contributed by atoms with Gasteiger partial charge in [0.1, 0.15) is 11.2 Å². The molecule has 0 atom stereocenters. The molecule has 230 valence electrons. The second-order valence-corrected chi connectivity index (χ2v) is 13.6. The Kier molecular flexibility index (Phi) is 6.39. The summed E-state index contributed by atoms with van der Waals surface area (Å²) in [5.74, 6) is 0. The minimum atomic E-state index is 0.880. The van der Waals surface area contributed by atoms with Crippen LogP contribution in [0, 0.1) is 0 Å². The fraction of sp³-hybridized carbons (Fsp3) is 0. The van der Waals surface area contributed by atoms with Gasteiger partial charge in [-0.1, -0.05) is 115 Å². The van der Waals surface area contributed by atoms with Crippen molar-refractivity contribution in [3.8, 4) is 22.3 Å². The van der Waals surface area contributed by atoms with Crippen LogP contribution in [0.2, 0.25) is 0 Å². The third kappa shape index (κ3) is 4.70. The number of hydrogen-bond acceptors (Lipinski definition) is 3. The van der Waals surface area contributed by atoms with Crippen molar-refractivity contribution in [3.63, 3.8) is 0 Å². The molecule has 0 radical (unpaired) electrons. The van der Waals surface area contributed by atoms with Gasteiger partial charge in [-0.2, -0.15) is 0 Å². The van der Waals surface area contributed by atoms with Crippen molar-refractivity contribution in [1.29, 1.82) is 0 Å². The smallest absolute Gasteiger partial charge is 0.137 e. The molecule has 0 aliphatic rings. The Hall–Kier alpha value is -6.16. The van der Waals surface area contributed by atoms with E-state index in [0.717, 1.165) is 44.6 Å². The van der Waals surface area contributed by atoms with Gasteiger partial charge in [-0.25, -0.2) is 0 Å². The molecular weight excluding hydrogens is 615 g/mol. The van der Waals surface area contributed by atoms with Crippen molar-refractivity contribution in [1.82, 2.24) is 0 Å². The van der Waals surface area contributed by atoms with Gasteiger partial charge in [-0.05, 0) is 87.6 Å². The number of benzene rings is 8. The molecule has 2 heterocycles. The van der Waals surface area contributed by atoms with Crippen molar-refractivity contribution in [3.05, 3.63) is 176 Å². The average Bonchev–Trinajstić information content (AvgIpc) is 3.72. The monoisotopic (exact) mass is 643 g/mol. The quantitative estimate of drug-likeness (QED) is 0.186. The number of para-hydroxylation sites is 1. The second-order valence-electron chi connectivity index (χ2n) is 12.6. The van der Waals surface area contributed by atoms with Crippen molar-refractivity contribution < 1.29 is 4.42 Å². The number of nitrogens with zero attached hydrogens (tertiary/aromatic N) is 1. The molecule has 0 saturated carbocycles. The molecule has 10 rings (SSSR count). The Bertz CT molecular complexity index is 2740. The maximum Gasteiger partial charge on any atom is 0.137 e. The van der Waals surface area contributed by atoms with Crippen LogP contribution >= 0.6 is 11.3 Å². The first-order valence-corrected chi connectivity index (χ1v) is 17.4. The van der Waals surface area contributed by atoms with Gasteiger partial charge in [0.15, 0.2) is 0 Å². The molecule has 0 spiro atoms. The lowest BCUT2D eigenvalue weighted by Crippen LogP contribution is -2.09. The third-order valence-electron chi connectivity index (χ3n) is 9.64. The molecular formula is C46H29NOS. The summed E-state index contributed by atoms with van der Waals surface area (Å²) in [7, 11) is 0. The van der Waals surface area contributed by atoms with Gasteiger partial charge in [-0.3, -0.25) is 0 Å². The van der Waals surface area contributed by atoms with Crippen LogP contribution in [0.15, 0.2) is 180 Å². The Labute approximate surface area is 287 Å². The van der Waals surface area contributed by atoms with Crippen LogP contribution in [-0.2, 0) is 0 Å². The Morgan fingerprint density at radius 2 is 0.980 bits per heavy atom. The van der Waals surface area contributed by atoms with E-state index in [1.807, 2.05) is 23.5 Å². The topological polar surface area (TPSA) is 16.4 Å². The van der Waals surface area contributed by atoms with Gasteiger partial charge >= 0.3 is 0 Å². The van der Waals surface area contributed by atoms with Crippen molar-refractivity contribution in [2.75, 3.05) is 4.90 Å². The lowest BCUT2D eigenvalue weighted by atomic mass is 9.95. The van der Waals surface area contributed by atoms with Crippen LogP contribution in [-0.4, -0.2) is 0 Å². The molecule has 2 nitrogen and oxygen atoms in total. The van der Waals surface area contributed by atoms with Gasteiger partial charge in [0, 0.05) is 54.1 Å². The molecule has 2 aromatic heterocycles. The summed E-state index contributed by atoms with van der Waals surface area (Å²) in [5, 5.41) is 7.36. The Morgan fingerprint density at radius 1 is 0.367 bits per heavy atom. The van der Waals surface area contributed by atoms with Crippen LogP contribution in [0.3, 0.4) is 0 Å². The van der Waals surface area contributed by atoms with E-state index in [2.05, 4.69) is 169 Å². The van der Waals surface area contributed by atoms with Crippen LogP contribution in [0.5, 0.6) is 0 Å². The summed E-state index contributed by atoms with van der Waals surface area (Å²) in [6.45, 7) is 0. The van der Waals surface area contributed by atoms with Crippen LogP contribution < -0.4 is 4.90 Å². The van der Waals surface area contributed by atoms with E-state index in [-0.39, 0.29) is 0 Å². The third-order valence-corrected chi connectivity index (χ3v) is 10.8. The van der Waals surface area contributed by atoms with Gasteiger partial charge in [0.05, 0.1) is 0 Å².